The highest BCUT2D eigenvalue weighted by Crippen LogP contribution is 2.23. The Kier molecular flexibility index (Phi) is 5.64. The van der Waals surface area contributed by atoms with Gasteiger partial charge in [0.05, 0.1) is 12.6 Å². The fraction of sp³-hybridized carbons (Fsp3) is 0.462. The van der Waals surface area contributed by atoms with Crippen molar-refractivity contribution in [2.75, 3.05) is 13.1 Å². The predicted octanol–water partition coefficient (Wildman–Crippen LogP) is 3.32. The molecular weight excluding hydrogens is 257 g/mol. The Morgan fingerprint density at radius 1 is 1.26 bits per heavy atom. The summed E-state index contributed by atoms with van der Waals surface area (Å²) in [4.78, 5) is 1.93. The second-order valence-electron chi connectivity index (χ2n) is 4.06. The van der Waals surface area contributed by atoms with E-state index >= 15 is 0 Å². The molecule has 0 radical (unpaired) electrons. The number of hydrogen-bond donors (Lipinski definition) is 0. The van der Waals surface area contributed by atoms with Gasteiger partial charge in [0.2, 0.25) is 0 Å². The van der Waals surface area contributed by atoms with Crippen LogP contribution in [0.15, 0.2) is 24.3 Å². The van der Waals surface area contributed by atoms with E-state index in [4.69, 9.17) is 5.26 Å². The first-order chi connectivity index (χ1) is 8.94. The van der Waals surface area contributed by atoms with Crippen molar-refractivity contribution in [3.05, 3.63) is 29.8 Å². The fourth-order valence-electron chi connectivity index (χ4n) is 1.68. The third-order valence-corrected chi connectivity index (χ3v) is 2.40. The molecule has 104 valence electrons. The average Bonchev–Trinajstić information content (AvgIpc) is 2.30. The smallest absolute Gasteiger partial charge is 0.406 e. The first-order valence-electron chi connectivity index (χ1n) is 5.88. The van der Waals surface area contributed by atoms with E-state index in [-0.39, 0.29) is 5.75 Å². The number of rotatable bonds is 6. The summed E-state index contributed by atoms with van der Waals surface area (Å²) in [6.45, 7) is 3.61. The molecule has 0 saturated heterocycles. The molecule has 0 heterocycles. The predicted molar refractivity (Wildman–Crippen MR) is 64.3 cm³/mol. The molecule has 0 saturated carbocycles. The Bertz CT molecular complexity index is 423. The lowest BCUT2D eigenvalue weighted by Gasteiger charge is -2.18. The summed E-state index contributed by atoms with van der Waals surface area (Å²) in [6.07, 6.45) is -3.76. The second kappa shape index (κ2) is 7.00. The van der Waals surface area contributed by atoms with Crippen LogP contribution in [0.2, 0.25) is 0 Å². The van der Waals surface area contributed by atoms with Gasteiger partial charge in [-0.05, 0) is 30.7 Å². The zero-order valence-electron chi connectivity index (χ0n) is 10.6. The van der Waals surface area contributed by atoms with E-state index in [2.05, 4.69) is 10.8 Å². The van der Waals surface area contributed by atoms with Gasteiger partial charge in [0, 0.05) is 6.54 Å². The van der Waals surface area contributed by atoms with Crippen molar-refractivity contribution < 1.29 is 17.9 Å². The van der Waals surface area contributed by atoms with Crippen molar-refractivity contribution in [2.24, 2.45) is 0 Å². The SMILES string of the molecule is CCCN(CC#N)Cc1ccc(OC(F)(F)F)cc1. The van der Waals surface area contributed by atoms with Gasteiger partial charge in [0.15, 0.2) is 0 Å². The molecule has 0 amide bonds. The van der Waals surface area contributed by atoms with E-state index in [9.17, 15) is 13.2 Å². The van der Waals surface area contributed by atoms with E-state index in [1.54, 1.807) is 12.1 Å². The number of ether oxygens (including phenoxy) is 1. The lowest BCUT2D eigenvalue weighted by atomic mass is 10.2. The summed E-state index contributed by atoms with van der Waals surface area (Å²) in [7, 11) is 0. The van der Waals surface area contributed by atoms with Gasteiger partial charge >= 0.3 is 6.36 Å². The molecule has 1 aromatic rings. The summed E-state index contributed by atoms with van der Waals surface area (Å²) in [6, 6.07) is 7.76. The minimum absolute atomic E-state index is 0.237. The molecule has 0 aliphatic carbocycles. The normalized spacial score (nSPS) is 11.4. The molecule has 1 rings (SSSR count). The maximum Gasteiger partial charge on any atom is 0.573 e. The molecule has 0 aliphatic heterocycles. The van der Waals surface area contributed by atoms with Crippen molar-refractivity contribution >= 4 is 0 Å². The standard InChI is InChI=1S/C13H15F3N2O/c1-2-8-18(9-7-17)10-11-3-5-12(6-4-11)19-13(14,15)16/h3-6H,2,8-10H2,1H3. The molecule has 0 aliphatic rings. The highest BCUT2D eigenvalue weighted by Gasteiger charge is 2.30. The lowest BCUT2D eigenvalue weighted by molar-refractivity contribution is -0.274. The molecule has 0 spiro atoms. The van der Waals surface area contributed by atoms with Gasteiger partial charge in [-0.25, -0.2) is 0 Å². The third-order valence-electron chi connectivity index (χ3n) is 2.40. The van der Waals surface area contributed by atoms with Gasteiger partial charge in [0.25, 0.3) is 0 Å². The van der Waals surface area contributed by atoms with Gasteiger partial charge in [0.1, 0.15) is 5.75 Å². The molecule has 0 aromatic heterocycles. The zero-order chi connectivity index (χ0) is 14.3. The van der Waals surface area contributed by atoms with Crippen LogP contribution in [-0.2, 0) is 6.54 Å². The number of hydrogen-bond acceptors (Lipinski definition) is 3. The maximum absolute atomic E-state index is 12.0. The summed E-state index contributed by atoms with van der Waals surface area (Å²) < 4.78 is 39.7. The Morgan fingerprint density at radius 2 is 1.89 bits per heavy atom. The van der Waals surface area contributed by atoms with Crippen LogP contribution in [-0.4, -0.2) is 24.4 Å². The topological polar surface area (TPSA) is 36.3 Å². The Labute approximate surface area is 110 Å². The molecule has 1 aromatic carbocycles. The highest BCUT2D eigenvalue weighted by molar-refractivity contribution is 5.27. The minimum Gasteiger partial charge on any atom is -0.406 e. The maximum atomic E-state index is 12.0. The van der Waals surface area contributed by atoms with Gasteiger partial charge in [-0.3, -0.25) is 4.90 Å². The molecule has 3 nitrogen and oxygen atoms in total. The van der Waals surface area contributed by atoms with E-state index in [0.717, 1.165) is 18.5 Å². The molecule has 0 unspecified atom stereocenters. The second-order valence-corrected chi connectivity index (χ2v) is 4.06. The van der Waals surface area contributed by atoms with Gasteiger partial charge in [-0.1, -0.05) is 19.1 Å². The van der Waals surface area contributed by atoms with Crippen LogP contribution in [0, 0.1) is 11.3 Å². The number of benzene rings is 1. The lowest BCUT2D eigenvalue weighted by Crippen LogP contribution is -2.24. The number of alkyl halides is 3. The number of nitrogens with zero attached hydrogens (tertiary/aromatic N) is 2. The zero-order valence-corrected chi connectivity index (χ0v) is 10.6. The average molecular weight is 272 g/mol. The number of nitriles is 1. The minimum atomic E-state index is -4.67. The summed E-state index contributed by atoms with van der Waals surface area (Å²) >= 11 is 0. The quantitative estimate of drug-likeness (QED) is 0.745. The van der Waals surface area contributed by atoms with Gasteiger partial charge < -0.3 is 4.74 Å². The van der Waals surface area contributed by atoms with Crippen LogP contribution in [0.5, 0.6) is 5.75 Å². The van der Waals surface area contributed by atoms with E-state index < -0.39 is 6.36 Å². The molecule has 0 atom stereocenters. The van der Waals surface area contributed by atoms with Crippen molar-refractivity contribution in [1.29, 1.82) is 5.26 Å². The highest BCUT2D eigenvalue weighted by atomic mass is 19.4. The molecule has 0 bridgehead atoms. The van der Waals surface area contributed by atoms with Crippen molar-refractivity contribution in [3.8, 4) is 11.8 Å². The van der Waals surface area contributed by atoms with Crippen LogP contribution in [0.1, 0.15) is 18.9 Å². The van der Waals surface area contributed by atoms with Crippen molar-refractivity contribution in [3.63, 3.8) is 0 Å². The molecule has 19 heavy (non-hydrogen) atoms. The molecular formula is C13H15F3N2O. The van der Waals surface area contributed by atoms with Gasteiger partial charge in [-0.15, -0.1) is 13.2 Å². The fourth-order valence-corrected chi connectivity index (χ4v) is 1.68. The first-order valence-corrected chi connectivity index (χ1v) is 5.88. The van der Waals surface area contributed by atoms with Crippen LogP contribution >= 0.6 is 0 Å². The first kappa shape index (κ1) is 15.3. The van der Waals surface area contributed by atoms with E-state index in [1.165, 1.54) is 12.1 Å². The Balaban J connectivity index is 2.63. The van der Waals surface area contributed by atoms with Crippen LogP contribution in [0.25, 0.3) is 0 Å². The molecule has 0 N–H and O–H groups in total. The molecule has 6 heteroatoms. The third kappa shape index (κ3) is 6.11. The monoisotopic (exact) mass is 272 g/mol. The Morgan fingerprint density at radius 3 is 2.37 bits per heavy atom. The van der Waals surface area contributed by atoms with Crippen LogP contribution < -0.4 is 4.74 Å². The van der Waals surface area contributed by atoms with Crippen molar-refractivity contribution in [1.82, 2.24) is 4.90 Å². The summed E-state index contributed by atoms with van der Waals surface area (Å²) in [5.41, 5.74) is 0.846. The van der Waals surface area contributed by atoms with Crippen LogP contribution in [0.4, 0.5) is 13.2 Å². The van der Waals surface area contributed by atoms with Crippen molar-refractivity contribution in [2.45, 2.75) is 26.3 Å². The van der Waals surface area contributed by atoms with Crippen LogP contribution in [0.3, 0.4) is 0 Å². The van der Waals surface area contributed by atoms with E-state index in [1.807, 2.05) is 11.8 Å². The summed E-state index contributed by atoms with van der Waals surface area (Å²) in [5, 5.41) is 8.68. The largest absolute Gasteiger partial charge is 0.573 e. The van der Waals surface area contributed by atoms with E-state index in [0.29, 0.717) is 13.1 Å². The summed E-state index contributed by atoms with van der Waals surface area (Å²) in [5.74, 6) is -0.237. The molecule has 0 fully saturated rings. The van der Waals surface area contributed by atoms with Gasteiger partial charge in [-0.2, -0.15) is 5.26 Å². The number of halogens is 3. The Hall–Kier alpha value is -1.74.